The molecule has 1 aliphatic heterocycles. The van der Waals surface area contributed by atoms with E-state index in [4.69, 9.17) is 9.97 Å². The second-order valence-corrected chi connectivity index (χ2v) is 13.2. The average Bonchev–Trinajstić information content (AvgIpc) is 3.09. The Bertz CT molecular complexity index is 1430. The van der Waals surface area contributed by atoms with Gasteiger partial charge in [-0.15, -0.1) is 0 Å². The first-order valence-corrected chi connectivity index (χ1v) is 14.6. The number of carbonyl (C=O) groups is 1. The number of hydrogen-bond donors (Lipinski definition) is 1. The van der Waals surface area contributed by atoms with Crippen LogP contribution in [0.1, 0.15) is 21.6 Å². The summed E-state index contributed by atoms with van der Waals surface area (Å²) in [6.07, 6.45) is 0. The predicted molar refractivity (Wildman–Crippen MR) is 142 cm³/mol. The molecule has 1 N–H and O–H groups in total. The summed E-state index contributed by atoms with van der Waals surface area (Å²) in [5, 5.41) is 13.2. The number of carbonyl (C=O) groups excluding carboxylic acids is 1. The third-order valence-electron chi connectivity index (χ3n) is 5.01. The van der Waals surface area contributed by atoms with Crippen LogP contribution in [-0.4, -0.2) is 15.9 Å². The molecule has 1 aromatic heterocycles. The number of halogens is 2. The molecule has 7 heteroatoms. The molecule has 0 saturated heterocycles. The minimum absolute atomic E-state index is 0.203. The van der Waals surface area contributed by atoms with E-state index in [2.05, 4.69) is 46.1 Å². The molecule has 3 aromatic carbocycles. The molecule has 1 aliphatic rings. The van der Waals surface area contributed by atoms with Crippen molar-refractivity contribution < 1.29 is 4.79 Å². The number of nitriles is 1. The van der Waals surface area contributed by atoms with Crippen LogP contribution in [0.25, 0.3) is 16.6 Å². The Kier molecular flexibility index (Phi) is 5.89. The number of benzene rings is 3. The zero-order valence-electron chi connectivity index (χ0n) is 16.7. The van der Waals surface area contributed by atoms with Crippen LogP contribution in [0.15, 0.2) is 82.6 Å². The van der Waals surface area contributed by atoms with Crippen molar-refractivity contribution in [1.29, 1.82) is 5.26 Å². The number of nitrogens with one attached hydrogen (secondary N) is 1. The van der Waals surface area contributed by atoms with Gasteiger partial charge in [-0.05, 0) is 0 Å². The SMILES string of the molecule is N#CC1=C(NC(=O)c2ccccc2I)I(Cc2ccccc2)c2nc3ccccc3nc21. The summed E-state index contributed by atoms with van der Waals surface area (Å²) >= 11 is -0.120. The van der Waals surface area contributed by atoms with E-state index in [1.807, 2.05) is 60.7 Å². The summed E-state index contributed by atoms with van der Waals surface area (Å²) in [4.78, 5) is 22.9. The summed E-state index contributed by atoms with van der Waals surface area (Å²) < 4.78 is 3.22. The van der Waals surface area contributed by atoms with Crippen LogP contribution in [-0.2, 0) is 4.43 Å². The van der Waals surface area contributed by atoms with E-state index in [0.29, 0.717) is 16.8 Å². The molecule has 0 radical (unpaired) electrons. The van der Waals surface area contributed by atoms with Crippen LogP contribution in [0.2, 0.25) is 0 Å². The number of para-hydroxylation sites is 2. The van der Waals surface area contributed by atoms with Crippen molar-refractivity contribution >= 4 is 64.9 Å². The van der Waals surface area contributed by atoms with Crippen molar-refractivity contribution in [2.45, 2.75) is 4.43 Å². The number of allylic oxidation sites excluding steroid dienone is 1. The predicted octanol–water partition coefficient (Wildman–Crippen LogP) is 5.75. The molecule has 4 aromatic rings. The van der Waals surface area contributed by atoms with Gasteiger partial charge < -0.3 is 0 Å². The second kappa shape index (κ2) is 8.96. The van der Waals surface area contributed by atoms with Gasteiger partial charge in [-0.25, -0.2) is 0 Å². The van der Waals surface area contributed by atoms with Crippen LogP contribution < -0.4 is 5.32 Å². The first kappa shape index (κ1) is 21.0. The van der Waals surface area contributed by atoms with Crippen LogP contribution in [0.3, 0.4) is 0 Å². The molecule has 0 atom stereocenters. The summed E-state index contributed by atoms with van der Waals surface area (Å²) in [6, 6.07) is 27.6. The molecule has 1 amide bonds. The normalized spacial score (nSPS) is 13.7. The maximum atomic E-state index is 13.2. The van der Waals surface area contributed by atoms with Crippen molar-refractivity contribution in [3.05, 3.63) is 107 Å². The summed E-state index contributed by atoms with van der Waals surface area (Å²) in [5.41, 5.74) is 4.38. The maximum absolute atomic E-state index is 13.2. The number of aromatic nitrogens is 2. The van der Waals surface area contributed by atoms with Gasteiger partial charge in [0.15, 0.2) is 0 Å². The van der Waals surface area contributed by atoms with Crippen molar-refractivity contribution in [1.82, 2.24) is 15.3 Å². The Labute approximate surface area is 206 Å². The van der Waals surface area contributed by atoms with E-state index in [0.717, 1.165) is 26.4 Å². The molecule has 5 nitrogen and oxygen atoms in total. The quantitative estimate of drug-likeness (QED) is 0.175. The Morgan fingerprint density at radius 1 is 0.938 bits per heavy atom. The molecular formula is C25H16I2N4O. The van der Waals surface area contributed by atoms with Crippen molar-refractivity contribution in [3.8, 4) is 6.07 Å². The summed E-state index contributed by atoms with van der Waals surface area (Å²) in [5.74, 6) is -0.203. The van der Waals surface area contributed by atoms with Gasteiger partial charge in [-0.3, -0.25) is 0 Å². The zero-order chi connectivity index (χ0) is 22.1. The Morgan fingerprint density at radius 2 is 1.59 bits per heavy atom. The van der Waals surface area contributed by atoms with Gasteiger partial charge in [0, 0.05) is 0 Å². The molecular weight excluding hydrogens is 626 g/mol. The molecule has 156 valence electrons. The fourth-order valence-corrected chi connectivity index (χ4v) is 9.92. The monoisotopic (exact) mass is 642 g/mol. The van der Waals surface area contributed by atoms with E-state index in [9.17, 15) is 10.1 Å². The minimum atomic E-state index is -2.28. The number of nitrogens with zero attached hydrogens (tertiary/aromatic N) is 3. The first-order chi connectivity index (χ1) is 15.7. The van der Waals surface area contributed by atoms with E-state index in [1.165, 1.54) is 5.56 Å². The second-order valence-electron chi connectivity index (χ2n) is 7.07. The molecule has 0 aliphatic carbocycles. The molecule has 0 saturated carbocycles. The topological polar surface area (TPSA) is 78.7 Å². The average molecular weight is 642 g/mol. The molecule has 5 rings (SSSR count). The van der Waals surface area contributed by atoms with E-state index < -0.39 is 19.8 Å². The Morgan fingerprint density at radius 3 is 2.31 bits per heavy atom. The van der Waals surface area contributed by atoms with Gasteiger partial charge in [0.05, 0.1) is 0 Å². The number of amides is 1. The molecule has 0 spiro atoms. The summed E-state index contributed by atoms with van der Waals surface area (Å²) in [7, 11) is 0. The van der Waals surface area contributed by atoms with Crippen molar-refractivity contribution in [2.24, 2.45) is 0 Å². The van der Waals surface area contributed by atoms with E-state index in [1.54, 1.807) is 6.07 Å². The van der Waals surface area contributed by atoms with Gasteiger partial charge in [0.2, 0.25) is 0 Å². The third kappa shape index (κ3) is 3.89. The van der Waals surface area contributed by atoms with Crippen LogP contribution in [0, 0.1) is 18.6 Å². The molecule has 32 heavy (non-hydrogen) atoms. The molecule has 2 heterocycles. The number of alkyl halides is 1. The van der Waals surface area contributed by atoms with Crippen molar-refractivity contribution in [3.63, 3.8) is 0 Å². The van der Waals surface area contributed by atoms with Gasteiger partial charge >= 0.3 is 207 Å². The van der Waals surface area contributed by atoms with E-state index in [-0.39, 0.29) is 5.91 Å². The molecule has 0 unspecified atom stereocenters. The zero-order valence-corrected chi connectivity index (χ0v) is 21.0. The van der Waals surface area contributed by atoms with Gasteiger partial charge in [-0.1, -0.05) is 0 Å². The van der Waals surface area contributed by atoms with Crippen LogP contribution >= 0.6 is 42.4 Å². The fraction of sp³-hybridized carbons (Fsp3) is 0.0400. The van der Waals surface area contributed by atoms with Crippen LogP contribution in [0.4, 0.5) is 0 Å². The Balaban J connectivity index is 1.63. The number of fused-ring (bicyclic) bond motifs is 2. The number of rotatable bonds is 4. The van der Waals surface area contributed by atoms with Crippen LogP contribution in [0.5, 0.6) is 0 Å². The first-order valence-electron chi connectivity index (χ1n) is 9.83. The summed E-state index contributed by atoms with van der Waals surface area (Å²) in [6.45, 7) is 0. The fourth-order valence-electron chi connectivity index (χ4n) is 3.49. The standard InChI is InChI=1S/C25H16I2N4O/c26-19-11-5-4-10-17(19)25(32)31-23-18(15-28)22-24(27(23)14-16-8-2-1-3-9-16)30-21-13-7-6-12-20(21)29-22/h1-13H,14H2,(H,31,32). The molecule has 0 fully saturated rings. The van der Waals surface area contributed by atoms with E-state index >= 15 is 0 Å². The van der Waals surface area contributed by atoms with Crippen molar-refractivity contribution in [2.75, 3.05) is 0 Å². The van der Waals surface area contributed by atoms with Gasteiger partial charge in [-0.2, -0.15) is 0 Å². The molecule has 0 bridgehead atoms. The number of hydrogen-bond acceptors (Lipinski definition) is 4. The third-order valence-corrected chi connectivity index (χ3v) is 11.7. The van der Waals surface area contributed by atoms with Gasteiger partial charge in [0.1, 0.15) is 0 Å². The van der Waals surface area contributed by atoms with Gasteiger partial charge in [0.25, 0.3) is 0 Å². The Hall–Kier alpha value is -2.84.